The van der Waals surface area contributed by atoms with Crippen LogP contribution in [0.15, 0.2) is 48.1 Å². The second kappa shape index (κ2) is 6.35. The van der Waals surface area contributed by atoms with Gasteiger partial charge in [0.2, 0.25) is 0 Å². The monoisotopic (exact) mass is 374 g/mol. The number of carbonyl (C=O) groups is 1. The molecule has 8 heteroatoms. The Labute approximate surface area is 150 Å². The van der Waals surface area contributed by atoms with E-state index >= 15 is 0 Å². The van der Waals surface area contributed by atoms with Crippen molar-refractivity contribution in [3.8, 4) is 0 Å². The molecule has 4 aromatic rings. The number of amides is 1. The van der Waals surface area contributed by atoms with E-state index in [-0.39, 0.29) is 11.1 Å². The number of halogens is 1. The molecule has 0 aliphatic rings. The fraction of sp³-hybridized carbons (Fsp3) is 0.0625. The van der Waals surface area contributed by atoms with Gasteiger partial charge in [0.15, 0.2) is 20.9 Å². The van der Waals surface area contributed by atoms with Gasteiger partial charge in [0.25, 0.3) is 5.91 Å². The van der Waals surface area contributed by atoms with Gasteiger partial charge in [-0.2, -0.15) is 0 Å². The Morgan fingerprint density at radius 3 is 2.96 bits per heavy atom. The van der Waals surface area contributed by atoms with Crippen LogP contribution < -0.4 is 5.32 Å². The van der Waals surface area contributed by atoms with Gasteiger partial charge in [0, 0.05) is 29.1 Å². The number of aromatic nitrogens is 3. The summed E-state index contributed by atoms with van der Waals surface area (Å²) in [4.78, 5) is 22.7. The van der Waals surface area contributed by atoms with Gasteiger partial charge >= 0.3 is 0 Å². The van der Waals surface area contributed by atoms with E-state index < -0.39 is 0 Å². The van der Waals surface area contributed by atoms with Crippen molar-refractivity contribution in [2.75, 3.05) is 5.32 Å². The van der Waals surface area contributed by atoms with Crippen LogP contribution in [0, 0.1) is 0 Å². The van der Waals surface area contributed by atoms with E-state index in [4.69, 9.17) is 11.6 Å². The average Bonchev–Trinajstić information content (AvgIpc) is 3.24. The molecule has 1 aromatic carbocycles. The summed E-state index contributed by atoms with van der Waals surface area (Å²) in [5.74, 6) is -0.313. The lowest BCUT2D eigenvalue weighted by Crippen LogP contribution is -2.14. The van der Waals surface area contributed by atoms with Crippen LogP contribution in [0.25, 0.3) is 4.96 Å². The highest BCUT2D eigenvalue weighted by atomic mass is 35.5. The van der Waals surface area contributed by atoms with Crippen LogP contribution in [0.2, 0.25) is 5.15 Å². The normalized spacial score (nSPS) is 11.0. The molecular weight excluding hydrogens is 364 g/mol. The number of rotatable bonds is 4. The van der Waals surface area contributed by atoms with Gasteiger partial charge in [-0.05, 0) is 5.56 Å². The first-order valence-electron chi connectivity index (χ1n) is 7.12. The summed E-state index contributed by atoms with van der Waals surface area (Å²) in [5, 5.41) is 5.40. The Balaban J connectivity index is 1.52. The number of hydrogen-bond acceptors (Lipinski definition) is 5. The third-order valence-corrected chi connectivity index (χ3v) is 5.36. The molecule has 24 heavy (non-hydrogen) atoms. The Hall–Kier alpha value is -2.22. The molecule has 0 radical (unpaired) electrons. The molecule has 4 rings (SSSR count). The molecule has 0 unspecified atom stereocenters. The number of benzene rings is 1. The lowest BCUT2D eigenvalue weighted by Gasteiger charge is -2.00. The van der Waals surface area contributed by atoms with Crippen molar-refractivity contribution >= 4 is 50.3 Å². The predicted octanol–water partition coefficient (Wildman–Crippen LogP) is 4.35. The van der Waals surface area contributed by atoms with Crippen molar-refractivity contribution in [3.63, 3.8) is 0 Å². The first kappa shape index (κ1) is 15.3. The van der Waals surface area contributed by atoms with E-state index in [0.29, 0.717) is 15.8 Å². The van der Waals surface area contributed by atoms with Crippen molar-refractivity contribution in [3.05, 3.63) is 69.4 Å². The third kappa shape index (κ3) is 2.93. The molecule has 1 N–H and O–H groups in total. The topological polar surface area (TPSA) is 59.3 Å². The van der Waals surface area contributed by atoms with Crippen LogP contribution in [0.4, 0.5) is 5.13 Å². The lowest BCUT2D eigenvalue weighted by atomic mass is 10.1. The zero-order valence-electron chi connectivity index (χ0n) is 12.3. The van der Waals surface area contributed by atoms with Gasteiger partial charge in [-0.3, -0.25) is 14.5 Å². The molecule has 1 amide bonds. The summed E-state index contributed by atoms with van der Waals surface area (Å²) in [6.07, 6.45) is 4.35. The zero-order valence-corrected chi connectivity index (χ0v) is 14.7. The van der Waals surface area contributed by atoms with E-state index in [1.807, 2.05) is 23.6 Å². The van der Waals surface area contributed by atoms with Crippen LogP contribution in [0.5, 0.6) is 0 Å². The quantitative estimate of drug-likeness (QED) is 0.577. The number of carbonyl (C=O) groups excluding carboxylic acids is 1. The third-order valence-electron chi connectivity index (χ3n) is 3.43. The smallest absolute Gasteiger partial charge is 0.277 e. The molecule has 0 fully saturated rings. The van der Waals surface area contributed by atoms with Gasteiger partial charge in [-0.15, -0.1) is 22.7 Å². The molecule has 0 spiro atoms. The highest BCUT2D eigenvalue weighted by molar-refractivity contribution is 7.16. The van der Waals surface area contributed by atoms with Crippen LogP contribution in [0.1, 0.15) is 20.9 Å². The van der Waals surface area contributed by atoms with Crippen molar-refractivity contribution in [2.24, 2.45) is 0 Å². The number of thiazole rings is 2. The number of fused-ring (bicyclic) bond motifs is 1. The largest absolute Gasteiger partial charge is 0.296 e. The van der Waals surface area contributed by atoms with Gasteiger partial charge in [0.1, 0.15) is 0 Å². The molecule has 0 aliphatic heterocycles. The van der Waals surface area contributed by atoms with Crippen molar-refractivity contribution in [2.45, 2.75) is 6.42 Å². The predicted molar refractivity (Wildman–Crippen MR) is 97.4 cm³/mol. The molecular formula is C16H11ClN4OS2. The minimum atomic E-state index is -0.313. The Morgan fingerprint density at radius 1 is 1.29 bits per heavy atom. The Morgan fingerprint density at radius 2 is 2.12 bits per heavy atom. The summed E-state index contributed by atoms with van der Waals surface area (Å²) in [7, 11) is 0. The molecule has 0 atom stereocenters. The van der Waals surface area contributed by atoms with E-state index in [1.165, 1.54) is 28.2 Å². The molecule has 120 valence electrons. The van der Waals surface area contributed by atoms with E-state index in [9.17, 15) is 4.79 Å². The number of hydrogen-bond donors (Lipinski definition) is 1. The minimum Gasteiger partial charge on any atom is -0.296 e. The van der Waals surface area contributed by atoms with E-state index in [2.05, 4.69) is 27.4 Å². The van der Waals surface area contributed by atoms with Crippen LogP contribution in [0.3, 0.4) is 0 Å². The molecule has 0 aliphatic carbocycles. The molecule has 0 saturated carbocycles. The summed E-state index contributed by atoms with van der Waals surface area (Å²) >= 11 is 8.96. The highest BCUT2D eigenvalue weighted by Gasteiger charge is 2.19. The van der Waals surface area contributed by atoms with Crippen molar-refractivity contribution < 1.29 is 4.79 Å². The number of nitrogens with zero attached hydrogens (tertiary/aromatic N) is 3. The summed E-state index contributed by atoms with van der Waals surface area (Å²) in [5.41, 5.74) is 1.53. The average molecular weight is 375 g/mol. The van der Waals surface area contributed by atoms with Crippen molar-refractivity contribution in [1.29, 1.82) is 0 Å². The van der Waals surface area contributed by atoms with E-state index in [0.717, 1.165) is 11.3 Å². The Bertz CT molecular complexity index is 1010. The molecule has 5 nitrogen and oxygen atoms in total. The molecule has 0 bridgehead atoms. The Kier molecular flexibility index (Phi) is 4.05. The maximum atomic E-state index is 12.5. The van der Waals surface area contributed by atoms with Gasteiger partial charge in [0.05, 0.1) is 0 Å². The summed E-state index contributed by atoms with van der Waals surface area (Å²) in [6, 6.07) is 10.1. The standard InChI is InChI=1S/C16H11ClN4OS2/c17-13-12(21-6-7-23-16(21)19-13)14(22)20-15-18-9-11(24-15)8-10-4-2-1-3-5-10/h1-7,9H,8H2,(H,18,20,22). The number of anilines is 1. The zero-order chi connectivity index (χ0) is 16.5. The van der Waals surface area contributed by atoms with Gasteiger partial charge in [-0.1, -0.05) is 41.9 Å². The first-order chi connectivity index (χ1) is 11.7. The SMILES string of the molecule is O=C(Nc1ncc(Cc2ccccc2)s1)c1c(Cl)nc2sccn12. The second-order valence-corrected chi connectivity index (χ2v) is 7.40. The van der Waals surface area contributed by atoms with Crippen LogP contribution >= 0.6 is 34.3 Å². The number of nitrogens with one attached hydrogen (secondary N) is 1. The first-order valence-corrected chi connectivity index (χ1v) is 9.19. The lowest BCUT2D eigenvalue weighted by molar-refractivity contribution is 0.102. The van der Waals surface area contributed by atoms with E-state index in [1.54, 1.807) is 16.8 Å². The number of imidazole rings is 1. The fourth-order valence-electron chi connectivity index (χ4n) is 2.36. The second-order valence-electron chi connectivity index (χ2n) is 5.06. The van der Waals surface area contributed by atoms with Crippen molar-refractivity contribution in [1.82, 2.24) is 14.4 Å². The maximum Gasteiger partial charge on any atom is 0.277 e. The molecule has 3 heterocycles. The van der Waals surface area contributed by atoms with Gasteiger partial charge < -0.3 is 0 Å². The fourth-order valence-corrected chi connectivity index (χ4v) is 4.23. The van der Waals surface area contributed by atoms with Crippen LogP contribution in [-0.2, 0) is 6.42 Å². The summed E-state index contributed by atoms with van der Waals surface area (Å²) < 4.78 is 1.68. The van der Waals surface area contributed by atoms with Crippen LogP contribution in [-0.4, -0.2) is 20.3 Å². The highest BCUT2D eigenvalue weighted by Crippen LogP contribution is 2.25. The summed E-state index contributed by atoms with van der Waals surface area (Å²) in [6.45, 7) is 0. The molecule has 0 saturated heterocycles. The molecule has 3 aromatic heterocycles. The maximum absolute atomic E-state index is 12.5. The minimum absolute atomic E-state index is 0.195. The van der Waals surface area contributed by atoms with Gasteiger partial charge in [-0.25, -0.2) is 9.97 Å².